The average Bonchev–Trinajstić information content (AvgIpc) is 2.21. The molecule has 0 aromatic rings. The fraction of sp³-hybridized carbons (Fsp3) is 0.545. The Morgan fingerprint density at radius 1 is 1.21 bits per heavy atom. The third kappa shape index (κ3) is 13.5. The van der Waals surface area contributed by atoms with Crippen molar-refractivity contribution in [1.29, 1.82) is 0 Å². The first-order valence-corrected chi connectivity index (χ1v) is 4.55. The molecule has 0 aliphatic rings. The molecule has 0 atom stereocenters. The van der Waals surface area contributed by atoms with Gasteiger partial charge < -0.3 is 0 Å². The zero-order valence-electron chi connectivity index (χ0n) is 10.1. The lowest BCUT2D eigenvalue weighted by Gasteiger charge is -1.87. The van der Waals surface area contributed by atoms with E-state index in [2.05, 4.69) is 6.58 Å². The lowest BCUT2D eigenvalue weighted by atomic mass is 10.2. The van der Waals surface area contributed by atoms with Gasteiger partial charge in [0.15, 0.2) is 0 Å². The third-order valence-corrected chi connectivity index (χ3v) is 1.03. The largest absolute Gasteiger partial charge is 0.285 e. The van der Waals surface area contributed by atoms with Crippen molar-refractivity contribution in [1.82, 2.24) is 0 Å². The molecule has 0 amide bonds. The molecule has 0 aliphatic heterocycles. The van der Waals surface area contributed by atoms with Gasteiger partial charge in [-0.05, 0) is 20.4 Å². The predicted molar refractivity (Wildman–Crippen MR) is 60.7 cm³/mol. The van der Waals surface area contributed by atoms with Crippen molar-refractivity contribution in [3.8, 4) is 0 Å². The smallest absolute Gasteiger partial charge is 0.230 e. The van der Waals surface area contributed by atoms with Crippen molar-refractivity contribution in [2.24, 2.45) is 0 Å². The van der Waals surface area contributed by atoms with Crippen molar-refractivity contribution in [2.75, 3.05) is 7.18 Å². The fourth-order valence-electron chi connectivity index (χ4n) is 0.628. The van der Waals surface area contributed by atoms with Crippen LogP contribution in [0.15, 0.2) is 24.4 Å². The number of nitrogens with zero attached hydrogens (tertiary/aromatic N) is 1. The summed E-state index contributed by atoms with van der Waals surface area (Å²) >= 11 is 0. The number of hydrogen-bond donors (Lipinski definition) is 1. The lowest BCUT2D eigenvalue weighted by Crippen LogP contribution is -2.05. The Morgan fingerprint density at radius 3 is 1.79 bits per heavy atom. The molecule has 0 bridgehead atoms. The van der Waals surface area contributed by atoms with Gasteiger partial charge in [-0.2, -0.15) is 0 Å². The van der Waals surface area contributed by atoms with Crippen LogP contribution in [0, 0.1) is 0 Å². The minimum Gasteiger partial charge on any atom is -0.285 e. The number of alkyl halides is 1. The van der Waals surface area contributed by atoms with Gasteiger partial charge >= 0.3 is 0 Å². The first-order valence-electron chi connectivity index (χ1n) is 4.55. The molecule has 14 heavy (non-hydrogen) atoms. The van der Waals surface area contributed by atoms with E-state index in [-0.39, 0.29) is 0 Å². The molecule has 0 saturated carbocycles. The maximum atomic E-state index is 9.50. The van der Waals surface area contributed by atoms with Crippen LogP contribution in [0.5, 0.6) is 0 Å². The van der Waals surface area contributed by atoms with E-state index in [0.717, 1.165) is 16.0 Å². The molecule has 0 radical (unpaired) electrons. The molecule has 3 heteroatoms. The molecule has 2 nitrogen and oxygen atoms in total. The summed E-state index contributed by atoms with van der Waals surface area (Å²) in [4.78, 5) is 0. The van der Waals surface area contributed by atoms with Crippen molar-refractivity contribution in [2.45, 2.75) is 34.6 Å². The summed E-state index contributed by atoms with van der Waals surface area (Å²) in [6, 6.07) is 0. The number of hydrogen-bond acceptors (Lipinski definition) is 1. The van der Waals surface area contributed by atoms with Gasteiger partial charge in [0.25, 0.3) is 0 Å². The van der Waals surface area contributed by atoms with Gasteiger partial charge in [-0.15, -0.1) is 0 Å². The average molecular weight is 204 g/mol. The Morgan fingerprint density at radius 2 is 1.57 bits per heavy atom. The van der Waals surface area contributed by atoms with E-state index in [9.17, 15) is 4.39 Å². The highest BCUT2D eigenvalue weighted by molar-refractivity contribution is 5.88. The van der Waals surface area contributed by atoms with Gasteiger partial charge in [0.2, 0.25) is 11.9 Å². The van der Waals surface area contributed by atoms with Crippen LogP contribution < -0.4 is 0 Å². The van der Waals surface area contributed by atoms with Crippen molar-refractivity contribution in [3.05, 3.63) is 24.4 Å². The van der Waals surface area contributed by atoms with Crippen LogP contribution in [0.2, 0.25) is 0 Å². The molecular weight excluding hydrogens is 181 g/mol. The van der Waals surface area contributed by atoms with E-state index in [1.807, 2.05) is 40.7 Å². The SMILES string of the molecule is C=C/[N+](O)=C(/C)C=C(C)C.CC.CF. The third-order valence-electron chi connectivity index (χ3n) is 1.03. The molecule has 1 N–H and O–H groups in total. The van der Waals surface area contributed by atoms with Gasteiger partial charge in [-0.3, -0.25) is 9.60 Å². The molecular formula is C11H23FNO+. The molecule has 0 heterocycles. The van der Waals surface area contributed by atoms with Gasteiger partial charge in [-0.1, -0.05) is 19.4 Å². The van der Waals surface area contributed by atoms with Crippen molar-refractivity contribution in [3.63, 3.8) is 0 Å². The highest BCUT2D eigenvalue weighted by atomic mass is 19.1. The van der Waals surface area contributed by atoms with Crippen LogP contribution in [0.25, 0.3) is 0 Å². The van der Waals surface area contributed by atoms with E-state index < -0.39 is 0 Å². The second-order valence-corrected chi connectivity index (χ2v) is 2.39. The summed E-state index contributed by atoms with van der Waals surface area (Å²) < 4.78 is 10.5. The predicted octanol–water partition coefficient (Wildman–Crippen LogP) is 3.57. The summed E-state index contributed by atoms with van der Waals surface area (Å²) in [7, 11) is 0.500. The number of halogens is 1. The van der Waals surface area contributed by atoms with Crippen LogP contribution in [-0.4, -0.2) is 22.8 Å². The summed E-state index contributed by atoms with van der Waals surface area (Å²) in [5.41, 5.74) is 1.92. The molecule has 84 valence electrons. The van der Waals surface area contributed by atoms with Crippen LogP contribution in [-0.2, 0) is 0 Å². The molecule has 0 aromatic carbocycles. The Balaban J connectivity index is -0.000000266. The standard InChI is InChI=1S/C8H14NO.C2H6.CH3F/c1-5-9(10)8(4)6-7(2)3;2*1-2/h5-6,10H,1H2,2-4H3;1-2H3;1H3/q+1;;/b9-8+;;. The maximum absolute atomic E-state index is 9.50. The molecule has 0 rings (SSSR count). The number of rotatable bonds is 2. The highest BCUT2D eigenvalue weighted by Gasteiger charge is 1.98. The summed E-state index contributed by atoms with van der Waals surface area (Å²) in [6.07, 6.45) is 3.23. The second kappa shape index (κ2) is 14.4. The Labute approximate surface area is 87.0 Å². The van der Waals surface area contributed by atoms with Crippen molar-refractivity contribution >= 4 is 5.71 Å². The van der Waals surface area contributed by atoms with Crippen LogP contribution in [0.1, 0.15) is 34.6 Å². The van der Waals surface area contributed by atoms with Crippen LogP contribution in [0.3, 0.4) is 0 Å². The summed E-state index contributed by atoms with van der Waals surface area (Å²) in [6.45, 7) is 13.2. The Bertz CT molecular complexity index is 191. The highest BCUT2D eigenvalue weighted by Crippen LogP contribution is 1.89. The zero-order valence-corrected chi connectivity index (χ0v) is 10.1. The number of allylic oxidation sites excluding steroid dienone is 2. The van der Waals surface area contributed by atoms with Crippen LogP contribution in [0.4, 0.5) is 4.39 Å². The Kier molecular flexibility index (Phi) is 19.2. The van der Waals surface area contributed by atoms with Gasteiger partial charge in [0.05, 0.1) is 7.18 Å². The summed E-state index contributed by atoms with van der Waals surface area (Å²) in [5, 5.41) is 9.01. The van der Waals surface area contributed by atoms with E-state index >= 15 is 0 Å². The van der Waals surface area contributed by atoms with E-state index in [0.29, 0.717) is 7.18 Å². The van der Waals surface area contributed by atoms with E-state index in [4.69, 9.17) is 5.21 Å². The molecule has 0 fully saturated rings. The molecule has 0 spiro atoms. The first-order chi connectivity index (χ1) is 6.57. The van der Waals surface area contributed by atoms with Gasteiger partial charge in [0.1, 0.15) is 0 Å². The van der Waals surface area contributed by atoms with Gasteiger partial charge in [0, 0.05) is 17.7 Å². The van der Waals surface area contributed by atoms with Gasteiger partial charge in [-0.25, -0.2) is 0 Å². The van der Waals surface area contributed by atoms with E-state index in [1.165, 1.54) is 6.20 Å². The normalized spacial score (nSPS) is 9.36. The molecule has 0 saturated heterocycles. The minimum atomic E-state index is 0.500. The Hall–Kier alpha value is -1.12. The molecule has 0 aliphatic carbocycles. The monoisotopic (exact) mass is 204 g/mol. The summed E-state index contributed by atoms with van der Waals surface area (Å²) in [5.74, 6) is 0. The quantitative estimate of drug-likeness (QED) is 0.316. The maximum Gasteiger partial charge on any atom is 0.230 e. The lowest BCUT2D eigenvalue weighted by molar-refractivity contribution is -0.724. The minimum absolute atomic E-state index is 0.500. The van der Waals surface area contributed by atoms with E-state index in [1.54, 1.807) is 0 Å². The topological polar surface area (TPSA) is 23.2 Å². The second-order valence-electron chi connectivity index (χ2n) is 2.39. The van der Waals surface area contributed by atoms with Crippen molar-refractivity contribution < 1.29 is 14.3 Å². The molecule has 0 unspecified atom stereocenters. The zero-order chi connectivity index (χ0) is 12.1. The first kappa shape index (κ1) is 18.6. The number of hydroxylamine groups is 1. The molecule has 0 aromatic heterocycles. The fourth-order valence-corrected chi connectivity index (χ4v) is 0.628. The van der Waals surface area contributed by atoms with Crippen LogP contribution >= 0.6 is 0 Å².